The normalized spacial score (nSPS) is 10.7. The van der Waals surface area contributed by atoms with Gasteiger partial charge in [-0.05, 0) is 38.3 Å². The van der Waals surface area contributed by atoms with Crippen molar-refractivity contribution in [3.05, 3.63) is 21.9 Å². The first-order chi connectivity index (χ1) is 9.09. The summed E-state index contributed by atoms with van der Waals surface area (Å²) in [6.07, 6.45) is 2.46. The smallest absolute Gasteiger partial charge is 0.178 e. The zero-order chi connectivity index (χ0) is 14.3. The summed E-state index contributed by atoms with van der Waals surface area (Å²) in [5.41, 5.74) is -0.553. The lowest BCUT2D eigenvalue weighted by atomic mass is 9.73. The molecule has 0 saturated carbocycles. The molecular formula is C15H18N2OS. The van der Waals surface area contributed by atoms with Gasteiger partial charge < -0.3 is 0 Å². The molecule has 100 valence electrons. The fraction of sp³-hybridized carbons (Fsp3) is 0.533. The van der Waals surface area contributed by atoms with Crippen molar-refractivity contribution in [2.45, 2.75) is 46.0 Å². The summed E-state index contributed by atoms with van der Waals surface area (Å²) in [6, 6.07) is 8.02. The minimum absolute atomic E-state index is 0.0959. The van der Waals surface area contributed by atoms with E-state index in [0.717, 1.165) is 9.75 Å². The maximum Gasteiger partial charge on any atom is 0.178 e. The second kappa shape index (κ2) is 7.07. The number of rotatable bonds is 7. The molecule has 3 nitrogen and oxygen atoms in total. The van der Waals surface area contributed by atoms with Crippen molar-refractivity contribution in [1.29, 1.82) is 10.5 Å². The van der Waals surface area contributed by atoms with Crippen LogP contribution in [0.25, 0.3) is 0 Å². The first-order valence-electron chi connectivity index (χ1n) is 6.45. The lowest BCUT2D eigenvalue weighted by Gasteiger charge is -2.29. The molecule has 0 saturated heterocycles. The SMILES string of the molecule is CCC(CCC#N)(CCC#N)C(=O)c1ccc(C)s1. The van der Waals surface area contributed by atoms with Gasteiger partial charge in [0.2, 0.25) is 0 Å². The average molecular weight is 274 g/mol. The van der Waals surface area contributed by atoms with Gasteiger partial charge in [0.05, 0.1) is 17.0 Å². The summed E-state index contributed by atoms with van der Waals surface area (Å²) in [7, 11) is 0. The number of hydrogen-bond acceptors (Lipinski definition) is 4. The Morgan fingerprint density at radius 1 is 1.26 bits per heavy atom. The molecule has 0 spiro atoms. The van der Waals surface area contributed by atoms with Crippen LogP contribution in [0.5, 0.6) is 0 Å². The van der Waals surface area contributed by atoms with Gasteiger partial charge in [-0.1, -0.05) is 6.92 Å². The molecule has 1 heterocycles. The summed E-state index contributed by atoms with van der Waals surface area (Å²) in [6.45, 7) is 3.94. The van der Waals surface area contributed by atoms with Gasteiger partial charge in [0, 0.05) is 23.1 Å². The van der Waals surface area contributed by atoms with E-state index in [9.17, 15) is 4.79 Å². The van der Waals surface area contributed by atoms with Crippen molar-refractivity contribution in [3.8, 4) is 12.1 Å². The third-order valence-electron chi connectivity index (χ3n) is 3.55. The Bertz CT molecular complexity index is 501. The van der Waals surface area contributed by atoms with Gasteiger partial charge in [0.25, 0.3) is 0 Å². The van der Waals surface area contributed by atoms with E-state index in [4.69, 9.17) is 10.5 Å². The highest BCUT2D eigenvalue weighted by molar-refractivity contribution is 7.14. The lowest BCUT2D eigenvalue weighted by molar-refractivity contribution is 0.0757. The van der Waals surface area contributed by atoms with Crippen LogP contribution < -0.4 is 0 Å². The van der Waals surface area contributed by atoms with Crippen molar-refractivity contribution < 1.29 is 4.79 Å². The van der Waals surface area contributed by atoms with E-state index >= 15 is 0 Å². The summed E-state index contributed by atoms with van der Waals surface area (Å²) in [5, 5.41) is 17.6. The van der Waals surface area contributed by atoms with Crippen LogP contribution >= 0.6 is 11.3 Å². The maximum absolute atomic E-state index is 12.7. The summed E-state index contributed by atoms with van der Waals surface area (Å²) < 4.78 is 0. The van der Waals surface area contributed by atoms with Crippen LogP contribution in [-0.2, 0) is 0 Å². The molecule has 1 aromatic heterocycles. The zero-order valence-electron chi connectivity index (χ0n) is 11.4. The second-order valence-corrected chi connectivity index (χ2v) is 5.98. The molecule has 0 radical (unpaired) electrons. The highest BCUT2D eigenvalue weighted by atomic mass is 32.1. The van der Waals surface area contributed by atoms with Gasteiger partial charge in [-0.25, -0.2) is 0 Å². The predicted molar refractivity (Wildman–Crippen MR) is 75.8 cm³/mol. The van der Waals surface area contributed by atoms with Crippen LogP contribution in [0.1, 0.15) is 53.6 Å². The Hall–Kier alpha value is -1.65. The number of aryl methyl sites for hydroxylation is 1. The molecule has 4 heteroatoms. The summed E-state index contributed by atoms with van der Waals surface area (Å²) in [5.74, 6) is 0.0959. The Morgan fingerprint density at radius 3 is 2.21 bits per heavy atom. The quantitative estimate of drug-likeness (QED) is 0.698. The number of nitrogens with zero attached hydrogens (tertiary/aromatic N) is 2. The second-order valence-electron chi connectivity index (χ2n) is 4.69. The molecule has 0 aliphatic rings. The van der Waals surface area contributed by atoms with Gasteiger partial charge in [0.1, 0.15) is 0 Å². The maximum atomic E-state index is 12.7. The highest BCUT2D eigenvalue weighted by Crippen LogP contribution is 2.38. The van der Waals surface area contributed by atoms with Crippen molar-refractivity contribution in [1.82, 2.24) is 0 Å². The Morgan fingerprint density at radius 2 is 1.84 bits per heavy atom. The van der Waals surface area contributed by atoms with E-state index in [1.807, 2.05) is 26.0 Å². The van der Waals surface area contributed by atoms with Gasteiger partial charge >= 0.3 is 0 Å². The number of nitriles is 2. The minimum atomic E-state index is -0.553. The Balaban J connectivity index is 3.03. The number of thiophene rings is 1. The number of Topliss-reactive ketones (excluding diaryl/α,β-unsaturated/α-hetero) is 1. The van der Waals surface area contributed by atoms with Crippen molar-refractivity contribution in [2.24, 2.45) is 5.41 Å². The Kier molecular flexibility index (Phi) is 5.73. The molecule has 0 aliphatic heterocycles. The molecule has 1 aromatic rings. The van der Waals surface area contributed by atoms with Crippen molar-refractivity contribution in [2.75, 3.05) is 0 Å². The van der Waals surface area contributed by atoms with Crippen LogP contribution in [0.15, 0.2) is 12.1 Å². The first-order valence-corrected chi connectivity index (χ1v) is 7.26. The summed E-state index contributed by atoms with van der Waals surface area (Å²) >= 11 is 1.49. The van der Waals surface area contributed by atoms with E-state index in [2.05, 4.69) is 12.1 Å². The molecule has 0 N–H and O–H groups in total. The van der Waals surface area contributed by atoms with Crippen LogP contribution in [-0.4, -0.2) is 5.78 Å². The van der Waals surface area contributed by atoms with Gasteiger partial charge in [-0.2, -0.15) is 10.5 Å². The Labute approximate surface area is 118 Å². The number of carbonyl (C=O) groups is 1. The van der Waals surface area contributed by atoms with E-state index in [1.54, 1.807) is 0 Å². The summed E-state index contributed by atoms with van der Waals surface area (Å²) in [4.78, 5) is 14.6. The van der Waals surface area contributed by atoms with E-state index in [-0.39, 0.29) is 5.78 Å². The molecule has 0 aliphatic carbocycles. The predicted octanol–water partition coefficient (Wildman–Crippen LogP) is 4.24. The third kappa shape index (κ3) is 3.66. The van der Waals surface area contributed by atoms with E-state index < -0.39 is 5.41 Å². The molecule has 0 amide bonds. The van der Waals surface area contributed by atoms with Gasteiger partial charge in [-0.15, -0.1) is 11.3 Å². The number of ketones is 1. The number of carbonyl (C=O) groups excluding carboxylic acids is 1. The van der Waals surface area contributed by atoms with Gasteiger partial charge in [-0.3, -0.25) is 4.79 Å². The fourth-order valence-corrected chi connectivity index (χ4v) is 3.20. The van der Waals surface area contributed by atoms with Gasteiger partial charge in [0.15, 0.2) is 5.78 Å². The first kappa shape index (κ1) is 15.4. The minimum Gasteiger partial charge on any atom is -0.293 e. The van der Waals surface area contributed by atoms with Crippen molar-refractivity contribution >= 4 is 17.1 Å². The highest BCUT2D eigenvalue weighted by Gasteiger charge is 2.36. The third-order valence-corrected chi connectivity index (χ3v) is 4.55. The monoisotopic (exact) mass is 274 g/mol. The van der Waals surface area contributed by atoms with Crippen LogP contribution in [0.4, 0.5) is 0 Å². The molecule has 1 rings (SSSR count). The van der Waals surface area contributed by atoms with E-state index in [1.165, 1.54) is 11.3 Å². The molecule has 0 unspecified atom stereocenters. The number of hydrogen-bond donors (Lipinski definition) is 0. The molecule has 0 atom stereocenters. The zero-order valence-corrected chi connectivity index (χ0v) is 12.2. The largest absolute Gasteiger partial charge is 0.293 e. The van der Waals surface area contributed by atoms with Crippen LogP contribution in [0.3, 0.4) is 0 Å². The lowest BCUT2D eigenvalue weighted by Crippen LogP contribution is -2.30. The van der Waals surface area contributed by atoms with E-state index in [0.29, 0.717) is 32.1 Å². The molecule has 19 heavy (non-hydrogen) atoms. The topological polar surface area (TPSA) is 64.7 Å². The standard InChI is InChI=1S/C15H18N2OS/c1-3-15(8-4-10-16,9-5-11-17)14(18)13-7-6-12(2)19-13/h6-7H,3-5,8-9H2,1-2H3. The molecule has 0 aromatic carbocycles. The van der Waals surface area contributed by atoms with Crippen LogP contribution in [0.2, 0.25) is 0 Å². The molecular weight excluding hydrogens is 256 g/mol. The average Bonchev–Trinajstić information content (AvgIpc) is 2.85. The van der Waals surface area contributed by atoms with Crippen LogP contribution in [0, 0.1) is 35.0 Å². The molecule has 0 fully saturated rings. The fourth-order valence-electron chi connectivity index (χ4n) is 2.27. The molecule has 0 bridgehead atoms. The van der Waals surface area contributed by atoms with Crippen molar-refractivity contribution in [3.63, 3.8) is 0 Å².